The van der Waals surface area contributed by atoms with Crippen molar-refractivity contribution in [1.82, 2.24) is 10.2 Å². The third kappa shape index (κ3) is 2.35. The van der Waals surface area contributed by atoms with Crippen LogP contribution in [0.4, 0.5) is 0 Å². The molecule has 0 saturated heterocycles. The number of allylic oxidation sites excluding steroid dienone is 1. The monoisotopic (exact) mass is 200 g/mol. The van der Waals surface area contributed by atoms with Crippen molar-refractivity contribution in [2.24, 2.45) is 0 Å². The fourth-order valence-corrected chi connectivity index (χ4v) is 0.897. The van der Waals surface area contributed by atoms with Crippen LogP contribution in [0.1, 0.15) is 12.1 Å². The molecular formula is C7H9BrN2. The van der Waals surface area contributed by atoms with E-state index in [1.807, 2.05) is 12.1 Å². The smallest absolute Gasteiger partial charge is 0.0574 e. The molecule has 0 unspecified atom stereocenters. The van der Waals surface area contributed by atoms with Gasteiger partial charge in [0.25, 0.3) is 0 Å². The van der Waals surface area contributed by atoms with Gasteiger partial charge in [0.2, 0.25) is 0 Å². The van der Waals surface area contributed by atoms with E-state index in [2.05, 4.69) is 32.2 Å². The second kappa shape index (κ2) is 4.28. The lowest BCUT2D eigenvalue weighted by molar-refractivity contribution is 1.08. The van der Waals surface area contributed by atoms with Crippen molar-refractivity contribution in [3.63, 3.8) is 0 Å². The SMILES string of the molecule is BrCCC=Cc1ccn[nH]1. The molecule has 0 radical (unpaired) electrons. The molecule has 0 saturated carbocycles. The van der Waals surface area contributed by atoms with Crippen LogP contribution in [0.25, 0.3) is 6.08 Å². The highest BCUT2D eigenvalue weighted by Crippen LogP contribution is 1.97. The standard InChI is InChI=1S/C7H9BrN2/c8-5-2-1-3-7-4-6-9-10-7/h1,3-4,6H,2,5H2,(H,9,10). The minimum Gasteiger partial charge on any atom is -0.278 e. The Kier molecular flexibility index (Phi) is 3.22. The van der Waals surface area contributed by atoms with E-state index in [-0.39, 0.29) is 0 Å². The fourth-order valence-electron chi connectivity index (χ4n) is 0.633. The molecule has 1 rings (SSSR count). The topological polar surface area (TPSA) is 28.7 Å². The Morgan fingerprint density at radius 1 is 1.70 bits per heavy atom. The van der Waals surface area contributed by atoms with Crippen LogP contribution in [-0.4, -0.2) is 15.5 Å². The zero-order valence-electron chi connectivity index (χ0n) is 5.55. The number of alkyl halides is 1. The molecule has 10 heavy (non-hydrogen) atoms. The maximum Gasteiger partial charge on any atom is 0.0574 e. The number of hydrogen-bond donors (Lipinski definition) is 1. The molecule has 0 aliphatic carbocycles. The quantitative estimate of drug-likeness (QED) is 0.746. The molecule has 54 valence electrons. The molecule has 1 N–H and O–H groups in total. The molecule has 3 heteroatoms. The van der Waals surface area contributed by atoms with E-state index >= 15 is 0 Å². The molecule has 0 aromatic carbocycles. The number of aromatic amines is 1. The van der Waals surface area contributed by atoms with Crippen LogP contribution < -0.4 is 0 Å². The Balaban J connectivity index is 2.40. The average Bonchev–Trinajstić information content (AvgIpc) is 2.41. The van der Waals surface area contributed by atoms with Crippen LogP contribution in [0, 0.1) is 0 Å². The number of rotatable bonds is 3. The first-order valence-corrected chi connectivity index (χ1v) is 4.27. The second-order valence-electron chi connectivity index (χ2n) is 1.89. The first-order valence-electron chi connectivity index (χ1n) is 3.15. The number of nitrogens with one attached hydrogen (secondary N) is 1. The Morgan fingerprint density at radius 2 is 2.60 bits per heavy atom. The zero-order chi connectivity index (χ0) is 7.23. The summed E-state index contributed by atoms with van der Waals surface area (Å²) < 4.78 is 0. The summed E-state index contributed by atoms with van der Waals surface area (Å²) in [5.74, 6) is 0. The van der Waals surface area contributed by atoms with Gasteiger partial charge in [0.15, 0.2) is 0 Å². The third-order valence-electron chi connectivity index (χ3n) is 1.10. The summed E-state index contributed by atoms with van der Waals surface area (Å²) in [7, 11) is 0. The highest BCUT2D eigenvalue weighted by molar-refractivity contribution is 9.09. The molecule has 0 bridgehead atoms. The van der Waals surface area contributed by atoms with E-state index in [0.717, 1.165) is 17.4 Å². The van der Waals surface area contributed by atoms with Gasteiger partial charge in [0.1, 0.15) is 0 Å². The van der Waals surface area contributed by atoms with Gasteiger partial charge in [-0.3, -0.25) is 5.10 Å². The summed E-state index contributed by atoms with van der Waals surface area (Å²) in [6.45, 7) is 0. The second-order valence-corrected chi connectivity index (χ2v) is 2.69. The molecule has 2 nitrogen and oxygen atoms in total. The van der Waals surface area contributed by atoms with Gasteiger partial charge < -0.3 is 0 Å². The Bertz CT molecular complexity index is 191. The van der Waals surface area contributed by atoms with Gasteiger partial charge in [-0.05, 0) is 18.6 Å². The van der Waals surface area contributed by atoms with Gasteiger partial charge in [-0.1, -0.05) is 22.0 Å². The average molecular weight is 201 g/mol. The molecule has 0 amide bonds. The maximum absolute atomic E-state index is 3.81. The van der Waals surface area contributed by atoms with Crippen molar-refractivity contribution >= 4 is 22.0 Å². The predicted octanol–water partition coefficient (Wildman–Crippen LogP) is 2.21. The van der Waals surface area contributed by atoms with E-state index in [0.29, 0.717) is 0 Å². The summed E-state index contributed by atoms with van der Waals surface area (Å²) in [6, 6.07) is 1.94. The van der Waals surface area contributed by atoms with Gasteiger partial charge in [-0.2, -0.15) is 5.10 Å². The normalized spacial score (nSPS) is 10.9. The molecule has 0 spiro atoms. The zero-order valence-corrected chi connectivity index (χ0v) is 7.13. The maximum atomic E-state index is 3.81. The molecule has 1 heterocycles. The van der Waals surface area contributed by atoms with Crippen molar-refractivity contribution < 1.29 is 0 Å². The number of halogens is 1. The largest absolute Gasteiger partial charge is 0.278 e. The number of nitrogens with zero attached hydrogens (tertiary/aromatic N) is 1. The molecular weight excluding hydrogens is 192 g/mol. The summed E-state index contributed by atoms with van der Waals surface area (Å²) in [4.78, 5) is 0. The first kappa shape index (κ1) is 7.54. The third-order valence-corrected chi connectivity index (χ3v) is 1.55. The highest BCUT2D eigenvalue weighted by Gasteiger charge is 1.82. The number of H-pyrrole nitrogens is 1. The Labute approximate surface area is 68.5 Å². The van der Waals surface area contributed by atoms with E-state index in [1.165, 1.54) is 0 Å². The summed E-state index contributed by atoms with van der Waals surface area (Å²) in [5.41, 5.74) is 1.06. The van der Waals surface area contributed by atoms with Crippen molar-refractivity contribution in [2.75, 3.05) is 5.33 Å². The highest BCUT2D eigenvalue weighted by atomic mass is 79.9. The van der Waals surface area contributed by atoms with Gasteiger partial charge in [0, 0.05) is 11.5 Å². The summed E-state index contributed by atoms with van der Waals surface area (Å²) >= 11 is 3.34. The Hall–Kier alpha value is -0.570. The Morgan fingerprint density at radius 3 is 3.20 bits per heavy atom. The molecule has 0 atom stereocenters. The van der Waals surface area contributed by atoms with Gasteiger partial charge in [-0.25, -0.2) is 0 Å². The van der Waals surface area contributed by atoms with E-state index in [4.69, 9.17) is 0 Å². The van der Waals surface area contributed by atoms with Gasteiger partial charge >= 0.3 is 0 Å². The number of aromatic nitrogens is 2. The van der Waals surface area contributed by atoms with E-state index in [9.17, 15) is 0 Å². The minimum absolute atomic E-state index is 1.01. The fraction of sp³-hybridized carbons (Fsp3) is 0.286. The van der Waals surface area contributed by atoms with Crippen molar-refractivity contribution in [3.8, 4) is 0 Å². The molecule has 1 aromatic heterocycles. The molecule has 0 aliphatic heterocycles. The van der Waals surface area contributed by atoms with Crippen molar-refractivity contribution in [3.05, 3.63) is 24.0 Å². The first-order chi connectivity index (χ1) is 4.93. The molecule has 0 aliphatic rings. The van der Waals surface area contributed by atoms with Crippen LogP contribution in [0.15, 0.2) is 18.3 Å². The summed E-state index contributed by atoms with van der Waals surface area (Å²) in [5, 5.41) is 7.67. The molecule has 1 aromatic rings. The lowest BCUT2D eigenvalue weighted by atomic mass is 10.3. The van der Waals surface area contributed by atoms with E-state index in [1.54, 1.807) is 6.20 Å². The molecule has 0 fully saturated rings. The van der Waals surface area contributed by atoms with Crippen LogP contribution >= 0.6 is 15.9 Å². The van der Waals surface area contributed by atoms with Crippen LogP contribution in [-0.2, 0) is 0 Å². The number of hydrogen-bond acceptors (Lipinski definition) is 1. The van der Waals surface area contributed by atoms with E-state index < -0.39 is 0 Å². The lowest BCUT2D eigenvalue weighted by Crippen LogP contribution is -1.71. The van der Waals surface area contributed by atoms with Crippen molar-refractivity contribution in [2.45, 2.75) is 6.42 Å². The lowest BCUT2D eigenvalue weighted by Gasteiger charge is -1.82. The van der Waals surface area contributed by atoms with Crippen molar-refractivity contribution in [1.29, 1.82) is 0 Å². The van der Waals surface area contributed by atoms with Crippen LogP contribution in [0.5, 0.6) is 0 Å². The minimum atomic E-state index is 1.01. The van der Waals surface area contributed by atoms with Gasteiger partial charge in [-0.15, -0.1) is 0 Å². The summed E-state index contributed by atoms with van der Waals surface area (Å²) in [6.07, 6.45) is 6.92. The predicted molar refractivity (Wildman–Crippen MR) is 46.0 cm³/mol. The van der Waals surface area contributed by atoms with Crippen LogP contribution in [0.3, 0.4) is 0 Å². The van der Waals surface area contributed by atoms with Crippen LogP contribution in [0.2, 0.25) is 0 Å². The van der Waals surface area contributed by atoms with Gasteiger partial charge in [0.05, 0.1) is 5.69 Å².